The molecule has 5 nitrogen and oxygen atoms in total. The Bertz CT molecular complexity index is 903. The minimum absolute atomic E-state index is 0.713. The molecule has 0 bridgehead atoms. The van der Waals surface area contributed by atoms with Gasteiger partial charge in [0.1, 0.15) is 11.3 Å². The summed E-state index contributed by atoms with van der Waals surface area (Å²) in [5.41, 5.74) is 9.21. The highest BCUT2D eigenvalue weighted by Crippen LogP contribution is 2.32. The van der Waals surface area contributed by atoms with Gasteiger partial charge < -0.3 is 10.2 Å². The number of aryl methyl sites for hydroxylation is 1. The number of fused-ring (bicyclic) bond motifs is 2. The van der Waals surface area contributed by atoms with Crippen molar-refractivity contribution in [3.8, 4) is 11.5 Å². The van der Waals surface area contributed by atoms with Gasteiger partial charge in [-0.1, -0.05) is 0 Å². The van der Waals surface area contributed by atoms with E-state index in [1.54, 1.807) is 12.4 Å². The van der Waals surface area contributed by atoms with Gasteiger partial charge >= 0.3 is 0 Å². The molecule has 3 aromatic heterocycles. The molecule has 2 N–H and O–H groups in total. The number of benzene rings is 1. The Hall–Kier alpha value is -2.82. The highest BCUT2D eigenvalue weighted by atomic mass is 16.3. The number of pyridine rings is 1. The number of aromatic nitrogens is 3. The first-order valence-electron chi connectivity index (χ1n) is 6.28. The average Bonchev–Trinajstić information content (AvgIpc) is 3.00. The van der Waals surface area contributed by atoms with Gasteiger partial charge in [-0.3, -0.25) is 9.67 Å². The number of hydrogen-bond donors (Lipinski definition) is 1. The Kier molecular flexibility index (Phi) is 2.12. The Morgan fingerprint density at radius 3 is 2.95 bits per heavy atom. The first kappa shape index (κ1) is 11.0. The Balaban J connectivity index is 2.04. The second-order valence-corrected chi connectivity index (χ2v) is 4.77. The summed E-state index contributed by atoms with van der Waals surface area (Å²) in [6.07, 6.45) is 3.49. The Morgan fingerprint density at radius 2 is 2.10 bits per heavy atom. The molecule has 0 aliphatic heterocycles. The van der Waals surface area contributed by atoms with Gasteiger partial charge in [-0.15, -0.1) is 0 Å². The molecule has 0 radical (unpaired) electrons. The predicted molar refractivity (Wildman–Crippen MR) is 78.1 cm³/mol. The lowest BCUT2D eigenvalue weighted by Gasteiger charge is -1.95. The quantitative estimate of drug-likeness (QED) is 0.536. The minimum atomic E-state index is 0.713. The summed E-state index contributed by atoms with van der Waals surface area (Å²) in [7, 11) is 1.91. The summed E-state index contributed by atoms with van der Waals surface area (Å²) in [5, 5.41) is 6.49. The monoisotopic (exact) mass is 264 g/mol. The van der Waals surface area contributed by atoms with Gasteiger partial charge in [0.2, 0.25) is 0 Å². The second-order valence-electron chi connectivity index (χ2n) is 4.77. The molecule has 0 aliphatic rings. The van der Waals surface area contributed by atoms with Crippen molar-refractivity contribution in [3.63, 3.8) is 0 Å². The number of rotatable bonds is 1. The van der Waals surface area contributed by atoms with E-state index in [0.717, 1.165) is 33.3 Å². The lowest BCUT2D eigenvalue weighted by Crippen LogP contribution is -1.89. The molecule has 4 rings (SSSR count). The lowest BCUT2D eigenvalue weighted by molar-refractivity contribution is 0.625. The maximum Gasteiger partial charge on any atom is 0.156 e. The van der Waals surface area contributed by atoms with Crippen LogP contribution in [0.3, 0.4) is 0 Å². The van der Waals surface area contributed by atoms with E-state index in [9.17, 15) is 0 Å². The van der Waals surface area contributed by atoms with Crippen molar-refractivity contribution >= 4 is 27.6 Å². The average molecular weight is 264 g/mol. The van der Waals surface area contributed by atoms with E-state index >= 15 is 0 Å². The number of nitrogens with zero attached hydrogens (tertiary/aromatic N) is 3. The van der Waals surface area contributed by atoms with Crippen LogP contribution >= 0.6 is 0 Å². The van der Waals surface area contributed by atoms with E-state index in [2.05, 4.69) is 10.1 Å². The van der Waals surface area contributed by atoms with Crippen LogP contribution in [0.2, 0.25) is 0 Å². The molecule has 4 aromatic rings. The zero-order valence-electron chi connectivity index (χ0n) is 10.9. The SMILES string of the molecule is Cn1nc(-c2cc3cnccc3o2)c2cc(N)ccc21. The molecule has 0 fully saturated rings. The Morgan fingerprint density at radius 1 is 1.20 bits per heavy atom. The van der Waals surface area contributed by atoms with E-state index in [0.29, 0.717) is 5.69 Å². The van der Waals surface area contributed by atoms with Crippen LogP contribution in [0.4, 0.5) is 5.69 Å². The van der Waals surface area contributed by atoms with Gasteiger partial charge in [-0.2, -0.15) is 5.10 Å². The standard InChI is InChI=1S/C15H12N4O/c1-19-12-3-2-10(16)7-11(12)15(18-19)14-6-9-8-17-5-4-13(9)20-14/h2-8H,16H2,1H3. The largest absolute Gasteiger partial charge is 0.454 e. The van der Waals surface area contributed by atoms with Crippen molar-refractivity contribution in [1.29, 1.82) is 0 Å². The summed E-state index contributed by atoms with van der Waals surface area (Å²) in [6, 6.07) is 9.55. The van der Waals surface area contributed by atoms with Gasteiger partial charge in [0.05, 0.1) is 5.52 Å². The van der Waals surface area contributed by atoms with Gasteiger partial charge in [0.15, 0.2) is 5.76 Å². The van der Waals surface area contributed by atoms with Crippen molar-refractivity contribution in [2.24, 2.45) is 7.05 Å². The number of nitrogen functional groups attached to an aromatic ring is 1. The van der Waals surface area contributed by atoms with Gasteiger partial charge in [0.25, 0.3) is 0 Å². The van der Waals surface area contributed by atoms with Crippen LogP contribution in [0.1, 0.15) is 0 Å². The normalized spacial score (nSPS) is 11.4. The molecule has 3 heterocycles. The van der Waals surface area contributed by atoms with E-state index in [-0.39, 0.29) is 0 Å². The summed E-state index contributed by atoms with van der Waals surface area (Å²) < 4.78 is 7.69. The van der Waals surface area contributed by atoms with Crippen molar-refractivity contribution in [3.05, 3.63) is 42.7 Å². The molecule has 20 heavy (non-hydrogen) atoms. The molecule has 0 saturated heterocycles. The van der Waals surface area contributed by atoms with Crippen molar-refractivity contribution in [2.45, 2.75) is 0 Å². The highest BCUT2D eigenvalue weighted by Gasteiger charge is 2.15. The van der Waals surface area contributed by atoms with Crippen LogP contribution in [-0.4, -0.2) is 14.8 Å². The fraction of sp³-hybridized carbons (Fsp3) is 0.0667. The van der Waals surface area contributed by atoms with Crippen molar-refractivity contribution in [2.75, 3.05) is 5.73 Å². The summed E-state index contributed by atoms with van der Waals surface area (Å²) >= 11 is 0. The molecule has 0 spiro atoms. The Labute approximate surface area is 114 Å². The predicted octanol–water partition coefficient (Wildman–Crippen LogP) is 2.96. The fourth-order valence-corrected chi connectivity index (χ4v) is 2.47. The molecule has 0 amide bonds. The van der Waals surface area contributed by atoms with E-state index in [4.69, 9.17) is 10.2 Å². The van der Waals surface area contributed by atoms with Crippen LogP contribution in [0.25, 0.3) is 33.3 Å². The van der Waals surface area contributed by atoms with Gasteiger partial charge in [-0.25, -0.2) is 0 Å². The topological polar surface area (TPSA) is 69.9 Å². The fourth-order valence-electron chi connectivity index (χ4n) is 2.47. The maximum absolute atomic E-state index is 5.88. The van der Waals surface area contributed by atoms with E-state index < -0.39 is 0 Å². The van der Waals surface area contributed by atoms with Gasteiger partial charge in [0, 0.05) is 35.9 Å². The molecule has 0 saturated carbocycles. The zero-order valence-corrected chi connectivity index (χ0v) is 10.9. The number of anilines is 1. The third kappa shape index (κ3) is 1.50. The molecule has 5 heteroatoms. The third-order valence-corrected chi connectivity index (χ3v) is 3.42. The van der Waals surface area contributed by atoms with Crippen LogP contribution in [0.5, 0.6) is 0 Å². The molecular formula is C15H12N4O. The first-order valence-corrected chi connectivity index (χ1v) is 6.28. The van der Waals surface area contributed by atoms with Gasteiger partial charge in [-0.05, 0) is 30.3 Å². The highest BCUT2D eigenvalue weighted by molar-refractivity contribution is 5.96. The van der Waals surface area contributed by atoms with Crippen LogP contribution in [-0.2, 0) is 7.05 Å². The second kappa shape index (κ2) is 3.84. The molecular weight excluding hydrogens is 252 g/mol. The number of hydrogen-bond acceptors (Lipinski definition) is 4. The minimum Gasteiger partial charge on any atom is -0.454 e. The van der Waals surface area contributed by atoms with Crippen LogP contribution in [0, 0.1) is 0 Å². The van der Waals surface area contributed by atoms with E-state index in [1.807, 2.05) is 42.1 Å². The van der Waals surface area contributed by atoms with Crippen molar-refractivity contribution < 1.29 is 4.42 Å². The van der Waals surface area contributed by atoms with Crippen LogP contribution < -0.4 is 5.73 Å². The molecule has 0 aliphatic carbocycles. The summed E-state index contributed by atoms with van der Waals surface area (Å²) in [4.78, 5) is 4.10. The van der Waals surface area contributed by atoms with Crippen molar-refractivity contribution in [1.82, 2.24) is 14.8 Å². The molecule has 0 unspecified atom stereocenters. The summed E-state index contributed by atoms with van der Waals surface area (Å²) in [6.45, 7) is 0. The zero-order chi connectivity index (χ0) is 13.7. The maximum atomic E-state index is 5.88. The third-order valence-electron chi connectivity index (χ3n) is 3.42. The smallest absolute Gasteiger partial charge is 0.156 e. The number of nitrogens with two attached hydrogens (primary N) is 1. The first-order chi connectivity index (χ1) is 9.72. The molecule has 98 valence electrons. The van der Waals surface area contributed by atoms with E-state index in [1.165, 1.54) is 0 Å². The lowest BCUT2D eigenvalue weighted by atomic mass is 10.1. The summed E-state index contributed by atoms with van der Waals surface area (Å²) in [5.74, 6) is 0.726. The molecule has 1 aromatic carbocycles. The molecule has 0 atom stereocenters. The van der Waals surface area contributed by atoms with Crippen LogP contribution in [0.15, 0.2) is 47.1 Å². The number of furan rings is 1.